The van der Waals surface area contributed by atoms with Crippen LogP contribution in [0.2, 0.25) is 0 Å². The van der Waals surface area contributed by atoms with Gasteiger partial charge in [-0.05, 0) is 23.4 Å². The standard InChI is InChI=1S/C13H10N2O4/c16-13(17)14-6-5-10-8-3-1-2-4-9(8)12(15(18)19)7-11(10)14/h1-4,7H,5-6H2,(H,16,17). The maximum atomic E-state index is 11.1. The Morgan fingerprint density at radius 1 is 1.32 bits per heavy atom. The number of carbonyl (C=O) groups is 1. The average molecular weight is 258 g/mol. The molecule has 1 N–H and O–H groups in total. The van der Waals surface area contributed by atoms with Gasteiger partial charge in [0.05, 0.1) is 16.0 Å². The van der Waals surface area contributed by atoms with Gasteiger partial charge in [0.25, 0.3) is 5.69 Å². The van der Waals surface area contributed by atoms with Crippen LogP contribution in [-0.4, -0.2) is 22.7 Å². The van der Waals surface area contributed by atoms with Gasteiger partial charge in [-0.15, -0.1) is 0 Å². The molecule has 0 bridgehead atoms. The van der Waals surface area contributed by atoms with E-state index in [9.17, 15) is 14.9 Å². The van der Waals surface area contributed by atoms with Crippen molar-refractivity contribution in [3.8, 4) is 0 Å². The molecule has 1 aliphatic rings. The molecule has 2 aromatic carbocycles. The van der Waals surface area contributed by atoms with Crippen molar-refractivity contribution in [3.63, 3.8) is 0 Å². The van der Waals surface area contributed by atoms with Gasteiger partial charge < -0.3 is 5.11 Å². The molecule has 0 saturated heterocycles. The molecule has 0 atom stereocenters. The number of non-ortho nitro benzene ring substituents is 1. The Kier molecular flexibility index (Phi) is 2.38. The van der Waals surface area contributed by atoms with Gasteiger partial charge in [-0.2, -0.15) is 0 Å². The van der Waals surface area contributed by atoms with E-state index >= 15 is 0 Å². The lowest BCUT2D eigenvalue weighted by molar-refractivity contribution is -0.383. The third kappa shape index (κ3) is 1.61. The van der Waals surface area contributed by atoms with E-state index in [1.165, 1.54) is 6.07 Å². The van der Waals surface area contributed by atoms with Crippen molar-refractivity contribution in [1.82, 2.24) is 0 Å². The van der Waals surface area contributed by atoms with Crippen LogP contribution < -0.4 is 4.90 Å². The molecule has 0 saturated carbocycles. The molecule has 1 amide bonds. The van der Waals surface area contributed by atoms with Gasteiger partial charge >= 0.3 is 6.09 Å². The summed E-state index contributed by atoms with van der Waals surface area (Å²) < 4.78 is 0. The number of benzene rings is 2. The molecule has 1 heterocycles. The normalized spacial score (nSPS) is 13.6. The fourth-order valence-electron chi connectivity index (χ4n) is 2.60. The van der Waals surface area contributed by atoms with Gasteiger partial charge in [0, 0.05) is 12.6 Å². The number of nitro benzene ring substituents is 1. The maximum absolute atomic E-state index is 11.1. The van der Waals surface area contributed by atoms with Crippen molar-refractivity contribution in [2.45, 2.75) is 6.42 Å². The van der Waals surface area contributed by atoms with Crippen LogP contribution in [0.1, 0.15) is 5.56 Å². The van der Waals surface area contributed by atoms with E-state index in [1.807, 2.05) is 0 Å². The molecular formula is C13H10N2O4. The van der Waals surface area contributed by atoms with Gasteiger partial charge in [-0.1, -0.05) is 18.2 Å². The number of fused-ring (bicyclic) bond motifs is 3. The third-order valence-electron chi connectivity index (χ3n) is 3.41. The van der Waals surface area contributed by atoms with Gasteiger partial charge in [0.2, 0.25) is 0 Å². The predicted octanol–water partition coefficient (Wildman–Crippen LogP) is 2.79. The lowest BCUT2D eigenvalue weighted by Crippen LogP contribution is -2.26. The highest BCUT2D eigenvalue weighted by Crippen LogP contribution is 2.39. The van der Waals surface area contributed by atoms with Crippen molar-refractivity contribution in [2.24, 2.45) is 0 Å². The second-order valence-electron chi connectivity index (χ2n) is 4.38. The minimum absolute atomic E-state index is 0.0532. The molecule has 0 aromatic heterocycles. The van der Waals surface area contributed by atoms with Crippen LogP contribution in [0.4, 0.5) is 16.2 Å². The summed E-state index contributed by atoms with van der Waals surface area (Å²) in [7, 11) is 0. The highest BCUT2D eigenvalue weighted by atomic mass is 16.6. The molecule has 0 radical (unpaired) electrons. The Labute approximate surface area is 108 Å². The number of anilines is 1. The Hall–Kier alpha value is -2.63. The minimum atomic E-state index is -1.08. The second kappa shape index (κ2) is 3.94. The molecule has 0 fully saturated rings. The average Bonchev–Trinajstić information content (AvgIpc) is 2.81. The molecule has 2 aromatic rings. The van der Waals surface area contributed by atoms with E-state index in [2.05, 4.69) is 0 Å². The summed E-state index contributed by atoms with van der Waals surface area (Å²) in [5.74, 6) is 0. The molecule has 3 rings (SSSR count). The van der Waals surface area contributed by atoms with Crippen LogP contribution in [0.15, 0.2) is 30.3 Å². The van der Waals surface area contributed by atoms with E-state index in [0.717, 1.165) is 15.8 Å². The molecule has 0 aliphatic carbocycles. The summed E-state index contributed by atoms with van der Waals surface area (Å²) in [5, 5.41) is 21.6. The molecule has 0 unspecified atom stereocenters. The largest absolute Gasteiger partial charge is 0.465 e. The number of rotatable bonds is 1. The van der Waals surface area contributed by atoms with Crippen LogP contribution >= 0.6 is 0 Å². The highest BCUT2D eigenvalue weighted by Gasteiger charge is 2.29. The third-order valence-corrected chi connectivity index (χ3v) is 3.41. The van der Waals surface area contributed by atoms with Crippen molar-refractivity contribution in [1.29, 1.82) is 0 Å². The molecule has 96 valence electrons. The fourth-order valence-corrected chi connectivity index (χ4v) is 2.60. The first-order chi connectivity index (χ1) is 9.09. The number of hydrogen-bond acceptors (Lipinski definition) is 3. The summed E-state index contributed by atoms with van der Waals surface area (Å²) in [6.45, 7) is 0.343. The molecular weight excluding hydrogens is 248 g/mol. The second-order valence-corrected chi connectivity index (χ2v) is 4.38. The number of amides is 1. The summed E-state index contributed by atoms with van der Waals surface area (Å²) in [5.41, 5.74) is 1.24. The minimum Gasteiger partial charge on any atom is -0.465 e. The summed E-state index contributed by atoms with van der Waals surface area (Å²) in [6, 6.07) is 8.39. The Balaban J connectivity index is 2.37. The first-order valence-electron chi connectivity index (χ1n) is 5.79. The number of nitro groups is 1. The lowest BCUT2D eigenvalue weighted by Gasteiger charge is -2.13. The van der Waals surface area contributed by atoms with Crippen LogP contribution in [-0.2, 0) is 6.42 Å². The number of carboxylic acid groups (broad SMARTS) is 1. The topological polar surface area (TPSA) is 83.7 Å². The smallest absolute Gasteiger partial charge is 0.411 e. The molecule has 19 heavy (non-hydrogen) atoms. The van der Waals surface area contributed by atoms with Gasteiger partial charge in [0.1, 0.15) is 0 Å². The number of nitrogens with zero attached hydrogens (tertiary/aromatic N) is 2. The van der Waals surface area contributed by atoms with Gasteiger partial charge in [-0.3, -0.25) is 15.0 Å². The van der Waals surface area contributed by atoms with Crippen molar-refractivity contribution in [2.75, 3.05) is 11.4 Å². The first-order valence-corrected chi connectivity index (χ1v) is 5.79. The van der Waals surface area contributed by atoms with Crippen molar-refractivity contribution >= 4 is 28.2 Å². The summed E-state index contributed by atoms with van der Waals surface area (Å²) >= 11 is 0. The molecule has 0 spiro atoms. The van der Waals surface area contributed by atoms with E-state index in [-0.39, 0.29) is 5.69 Å². The highest BCUT2D eigenvalue weighted by molar-refractivity contribution is 6.02. The van der Waals surface area contributed by atoms with E-state index in [0.29, 0.717) is 24.0 Å². The maximum Gasteiger partial charge on any atom is 0.411 e. The predicted molar refractivity (Wildman–Crippen MR) is 69.7 cm³/mol. The first kappa shape index (κ1) is 11.5. The van der Waals surface area contributed by atoms with Crippen LogP contribution in [0.25, 0.3) is 10.8 Å². The Morgan fingerprint density at radius 2 is 2.00 bits per heavy atom. The summed E-state index contributed by atoms with van der Waals surface area (Å²) in [4.78, 5) is 23.0. The SMILES string of the molecule is O=C(O)N1CCc2c1cc([N+](=O)[O-])c1ccccc21. The lowest BCUT2D eigenvalue weighted by atomic mass is 10.0. The zero-order chi connectivity index (χ0) is 13.6. The fraction of sp³-hybridized carbons (Fsp3) is 0.154. The molecule has 6 heteroatoms. The molecule has 6 nitrogen and oxygen atoms in total. The van der Waals surface area contributed by atoms with Crippen molar-refractivity contribution < 1.29 is 14.8 Å². The van der Waals surface area contributed by atoms with E-state index in [4.69, 9.17) is 5.11 Å². The molecule has 1 aliphatic heterocycles. The Morgan fingerprint density at radius 3 is 2.63 bits per heavy atom. The van der Waals surface area contributed by atoms with E-state index in [1.54, 1.807) is 24.3 Å². The summed E-state index contributed by atoms with van der Waals surface area (Å²) in [6.07, 6.45) is -0.497. The number of hydrogen-bond donors (Lipinski definition) is 1. The van der Waals surface area contributed by atoms with Gasteiger partial charge in [-0.25, -0.2) is 4.79 Å². The zero-order valence-corrected chi connectivity index (χ0v) is 9.87. The quantitative estimate of drug-likeness (QED) is 0.629. The Bertz CT molecular complexity index is 711. The van der Waals surface area contributed by atoms with E-state index < -0.39 is 11.0 Å². The monoisotopic (exact) mass is 258 g/mol. The zero-order valence-electron chi connectivity index (χ0n) is 9.87. The van der Waals surface area contributed by atoms with Crippen LogP contribution in [0.5, 0.6) is 0 Å². The van der Waals surface area contributed by atoms with Crippen LogP contribution in [0, 0.1) is 10.1 Å². The van der Waals surface area contributed by atoms with Crippen LogP contribution in [0.3, 0.4) is 0 Å². The van der Waals surface area contributed by atoms with Crippen molar-refractivity contribution in [3.05, 3.63) is 46.0 Å². The van der Waals surface area contributed by atoms with Gasteiger partial charge in [0.15, 0.2) is 0 Å².